The first-order valence-electron chi connectivity index (χ1n) is 10.2. The smallest absolute Gasteiger partial charge is 0.226 e. The fourth-order valence-electron chi connectivity index (χ4n) is 3.34. The molecule has 0 aliphatic carbocycles. The average molecular weight is 399 g/mol. The van der Waals surface area contributed by atoms with E-state index in [2.05, 4.69) is 60.5 Å². The van der Waals surface area contributed by atoms with Crippen molar-refractivity contribution in [1.29, 1.82) is 0 Å². The number of benzene rings is 3. The number of aromatic nitrogens is 1. The molecule has 0 bridgehead atoms. The normalized spacial score (nSPS) is 10.9. The summed E-state index contributed by atoms with van der Waals surface area (Å²) in [5.41, 5.74) is 5.36. The Bertz CT molecular complexity index is 1060. The Kier molecular flexibility index (Phi) is 6.26. The highest BCUT2D eigenvalue weighted by Gasteiger charge is 2.12. The van der Waals surface area contributed by atoms with E-state index in [1.54, 1.807) is 0 Å². The lowest BCUT2D eigenvalue weighted by molar-refractivity contribution is 0.123. The zero-order chi connectivity index (χ0) is 20.8. The molecule has 0 aliphatic heterocycles. The molecule has 0 spiro atoms. The Morgan fingerprint density at radius 3 is 2.17 bits per heavy atom. The van der Waals surface area contributed by atoms with Gasteiger partial charge >= 0.3 is 0 Å². The van der Waals surface area contributed by atoms with E-state index >= 15 is 0 Å². The highest BCUT2D eigenvalue weighted by molar-refractivity contribution is 5.66. The molecule has 4 nitrogen and oxygen atoms in total. The van der Waals surface area contributed by atoms with Crippen LogP contribution < -0.4 is 4.90 Å². The van der Waals surface area contributed by atoms with Crippen LogP contribution in [0.5, 0.6) is 0 Å². The Hall–Kier alpha value is -3.37. The third kappa shape index (κ3) is 4.78. The van der Waals surface area contributed by atoms with Gasteiger partial charge in [-0.1, -0.05) is 48.5 Å². The molecule has 4 heteroatoms. The minimum atomic E-state index is 0.612. The van der Waals surface area contributed by atoms with Crippen molar-refractivity contribution in [3.8, 4) is 11.5 Å². The van der Waals surface area contributed by atoms with E-state index in [1.165, 1.54) is 5.56 Å². The minimum absolute atomic E-state index is 0.612. The lowest BCUT2D eigenvalue weighted by atomic mass is 10.2. The van der Waals surface area contributed by atoms with Crippen LogP contribution in [-0.2, 0) is 17.8 Å². The molecule has 0 unspecified atom stereocenters. The van der Waals surface area contributed by atoms with Gasteiger partial charge in [-0.25, -0.2) is 4.98 Å². The number of hydrogen-bond donors (Lipinski definition) is 0. The number of anilines is 2. The quantitative estimate of drug-likeness (QED) is 0.332. The van der Waals surface area contributed by atoms with Crippen LogP contribution >= 0.6 is 0 Å². The molecule has 0 fully saturated rings. The Morgan fingerprint density at radius 2 is 1.47 bits per heavy atom. The predicted molar refractivity (Wildman–Crippen MR) is 121 cm³/mol. The van der Waals surface area contributed by atoms with Crippen LogP contribution in [0, 0.1) is 6.92 Å². The summed E-state index contributed by atoms with van der Waals surface area (Å²) in [5, 5.41) is 0. The summed E-state index contributed by atoms with van der Waals surface area (Å²) in [7, 11) is 2.06. The van der Waals surface area contributed by atoms with Gasteiger partial charge < -0.3 is 14.1 Å². The highest BCUT2D eigenvalue weighted by Crippen LogP contribution is 2.27. The van der Waals surface area contributed by atoms with Gasteiger partial charge in [-0.2, -0.15) is 0 Å². The first kappa shape index (κ1) is 19.9. The fourth-order valence-corrected chi connectivity index (χ4v) is 3.34. The zero-order valence-electron chi connectivity index (χ0n) is 17.4. The molecule has 152 valence electrons. The van der Waals surface area contributed by atoms with E-state index in [4.69, 9.17) is 14.1 Å². The maximum absolute atomic E-state index is 5.92. The molecule has 0 aliphatic rings. The number of hydrogen-bond acceptors (Lipinski definition) is 4. The van der Waals surface area contributed by atoms with Gasteiger partial charge in [0, 0.05) is 30.4 Å². The summed E-state index contributed by atoms with van der Waals surface area (Å²) in [6, 6.07) is 28.8. The van der Waals surface area contributed by atoms with E-state index in [9.17, 15) is 0 Å². The van der Waals surface area contributed by atoms with Gasteiger partial charge in [-0.05, 0) is 48.9 Å². The molecule has 3 aromatic carbocycles. The number of aryl methyl sites for hydroxylation is 1. The van der Waals surface area contributed by atoms with Crippen molar-refractivity contribution in [1.82, 2.24) is 4.98 Å². The Labute approximate surface area is 177 Å². The number of rotatable bonds is 8. The SMILES string of the molecule is Cc1oc(-c2ccc(N(C)c3ccccc3)cc2)nc1CCOCc1ccccc1. The van der Waals surface area contributed by atoms with Crippen molar-refractivity contribution < 1.29 is 9.15 Å². The summed E-state index contributed by atoms with van der Waals surface area (Å²) in [4.78, 5) is 6.85. The molecule has 1 heterocycles. The second kappa shape index (κ2) is 9.42. The van der Waals surface area contributed by atoms with Gasteiger partial charge in [0.15, 0.2) is 0 Å². The summed E-state index contributed by atoms with van der Waals surface area (Å²) < 4.78 is 11.7. The topological polar surface area (TPSA) is 38.5 Å². The minimum Gasteiger partial charge on any atom is -0.441 e. The summed E-state index contributed by atoms with van der Waals surface area (Å²) >= 11 is 0. The summed E-state index contributed by atoms with van der Waals surface area (Å²) in [5.74, 6) is 1.50. The van der Waals surface area contributed by atoms with Gasteiger partial charge in [0.2, 0.25) is 5.89 Å². The third-order valence-electron chi connectivity index (χ3n) is 5.13. The number of nitrogens with zero attached hydrogens (tertiary/aromatic N) is 2. The van der Waals surface area contributed by atoms with Crippen LogP contribution in [0.1, 0.15) is 17.0 Å². The lowest BCUT2D eigenvalue weighted by Gasteiger charge is -2.19. The molecule has 0 saturated heterocycles. The lowest BCUT2D eigenvalue weighted by Crippen LogP contribution is -2.08. The van der Waals surface area contributed by atoms with Crippen molar-refractivity contribution >= 4 is 11.4 Å². The van der Waals surface area contributed by atoms with E-state index in [1.807, 2.05) is 43.3 Å². The van der Waals surface area contributed by atoms with Crippen molar-refractivity contribution in [3.05, 3.63) is 102 Å². The molecule has 1 aromatic heterocycles. The van der Waals surface area contributed by atoms with E-state index in [0.717, 1.165) is 34.8 Å². The zero-order valence-corrected chi connectivity index (χ0v) is 17.4. The van der Waals surface area contributed by atoms with Crippen molar-refractivity contribution in [2.24, 2.45) is 0 Å². The van der Waals surface area contributed by atoms with E-state index < -0.39 is 0 Å². The highest BCUT2D eigenvalue weighted by atomic mass is 16.5. The van der Waals surface area contributed by atoms with E-state index in [0.29, 0.717) is 19.1 Å². The molecular weight excluding hydrogens is 372 g/mol. The number of ether oxygens (including phenoxy) is 1. The third-order valence-corrected chi connectivity index (χ3v) is 5.13. The molecule has 30 heavy (non-hydrogen) atoms. The summed E-state index contributed by atoms with van der Waals surface area (Å²) in [6.07, 6.45) is 0.733. The molecule has 0 saturated carbocycles. The average Bonchev–Trinajstić information content (AvgIpc) is 3.18. The molecule has 0 radical (unpaired) electrons. The fraction of sp³-hybridized carbons (Fsp3) is 0.192. The van der Waals surface area contributed by atoms with Crippen molar-refractivity contribution in [2.75, 3.05) is 18.6 Å². The monoisotopic (exact) mass is 398 g/mol. The van der Waals surface area contributed by atoms with E-state index in [-0.39, 0.29) is 0 Å². The van der Waals surface area contributed by atoms with Gasteiger partial charge in [-0.15, -0.1) is 0 Å². The molecule has 0 N–H and O–H groups in total. The molecule has 0 atom stereocenters. The Balaban J connectivity index is 1.37. The molecule has 4 aromatic rings. The Morgan fingerprint density at radius 1 is 0.833 bits per heavy atom. The maximum Gasteiger partial charge on any atom is 0.226 e. The molecule has 0 amide bonds. The number of para-hydroxylation sites is 1. The van der Waals surface area contributed by atoms with Crippen LogP contribution in [0.15, 0.2) is 89.3 Å². The number of oxazole rings is 1. The second-order valence-corrected chi connectivity index (χ2v) is 7.25. The van der Waals surface area contributed by atoms with Crippen LogP contribution in [0.25, 0.3) is 11.5 Å². The van der Waals surface area contributed by atoms with Gasteiger partial charge in [0.1, 0.15) is 5.76 Å². The van der Waals surface area contributed by atoms with Crippen molar-refractivity contribution in [3.63, 3.8) is 0 Å². The van der Waals surface area contributed by atoms with Crippen LogP contribution in [0.3, 0.4) is 0 Å². The largest absolute Gasteiger partial charge is 0.441 e. The van der Waals surface area contributed by atoms with Crippen LogP contribution in [0.4, 0.5) is 11.4 Å². The molecule has 4 rings (SSSR count). The van der Waals surface area contributed by atoms with Gasteiger partial charge in [0.25, 0.3) is 0 Å². The van der Waals surface area contributed by atoms with Crippen LogP contribution in [-0.4, -0.2) is 18.6 Å². The summed E-state index contributed by atoms with van der Waals surface area (Å²) in [6.45, 7) is 3.18. The first-order chi connectivity index (χ1) is 14.7. The van der Waals surface area contributed by atoms with Crippen molar-refractivity contribution in [2.45, 2.75) is 20.0 Å². The predicted octanol–water partition coefficient (Wildman–Crippen LogP) is 6.18. The first-order valence-corrected chi connectivity index (χ1v) is 10.2. The maximum atomic E-state index is 5.92. The molecular formula is C26H26N2O2. The van der Waals surface area contributed by atoms with Gasteiger partial charge in [-0.3, -0.25) is 0 Å². The van der Waals surface area contributed by atoms with Gasteiger partial charge in [0.05, 0.1) is 18.9 Å². The van der Waals surface area contributed by atoms with Crippen LogP contribution in [0.2, 0.25) is 0 Å². The second-order valence-electron chi connectivity index (χ2n) is 7.25. The standard InChI is InChI=1S/C26H26N2O2/c1-20-25(17-18-29-19-21-9-5-3-6-10-21)27-26(30-20)22-13-15-24(16-14-22)28(2)23-11-7-4-8-12-23/h3-16H,17-19H2,1-2H3.